The summed E-state index contributed by atoms with van der Waals surface area (Å²) in [6.45, 7) is 6.06. The fourth-order valence-electron chi connectivity index (χ4n) is 3.75. The molecule has 0 N–H and O–H groups in total. The Morgan fingerprint density at radius 1 is 1.21 bits per heavy atom. The van der Waals surface area contributed by atoms with Crippen LogP contribution in [0.5, 0.6) is 0 Å². The van der Waals surface area contributed by atoms with Gasteiger partial charge in [-0.3, -0.25) is 4.79 Å². The predicted octanol–water partition coefficient (Wildman–Crippen LogP) is 3.91. The molecule has 1 aromatic carbocycles. The van der Waals surface area contributed by atoms with Gasteiger partial charge in [-0.1, -0.05) is 25.1 Å². The van der Waals surface area contributed by atoms with E-state index in [9.17, 15) is 4.79 Å². The van der Waals surface area contributed by atoms with E-state index >= 15 is 0 Å². The van der Waals surface area contributed by atoms with Gasteiger partial charge in [0, 0.05) is 44.4 Å². The lowest BCUT2D eigenvalue weighted by molar-refractivity contribution is -0.125. The van der Waals surface area contributed by atoms with Gasteiger partial charge in [-0.25, -0.2) is 0 Å². The Labute approximate surface area is 166 Å². The average molecular weight is 380 g/mol. The fourth-order valence-corrected chi connectivity index (χ4v) is 3.75. The predicted molar refractivity (Wildman–Crippen MR) is 110 cm³/mol. The summed E-state index contributed by atoms with van der Waals surface area (Å²) in [6.07, 6.45) is 4.56. The largest absolute Gasteiger partial charge is 0.461 e. The van der Waals surface area contributed by atoms with E-state index in [0.717, 1.165) is 43.4 Å². The molecule has 1 saturated heterocycles. The van der Waals surface area contributed by atoms with Crippen LogP contribution in [0.25, 0.3) is 6.08 Å². The Hall–Kier alpha value is -2.53. The smallest absolute Gasteiger partial charge is 0.246 e. The molecule has 2 heterocycles. The zero-order valence-electron chi connectivity index (χ0n) is 16.6. The number of benzene rings is 1. The maximum atomic E-state index is 12.6. The molecule has 0 unspecified atom stereocenters. The van der Waals surface area contributed by atoms with Crippen LogP contribution in [0.1, 0.15) is 36.3 Å². The molecule has 2 aromatic rings. The number of para-hydroxylation sites is 1. The molecule has 2 aliphatic rings. The molecular formula is C23H28N2O3. The van der Waals surface area contributed by atoms with Crippen LogP contribution >= 0.6 is 0 Å². The third kappa shape index (κ3) is 4.30. The van der Waals surface area contributed by atoms with Gasteiger partial charge in [0.1, 0.15) is 11.5 Å². The lowest BCUT2D eigenvalue weighted by Crippen LogP contribution is -2.37. The van der Waals surface area contributed by atoms with Crippen LogP contribution in [0.3, 0.4) is 0 Å². The summed E-state index contributed by atoms with van der Waals surface area (Å²) < 4.78 is 11.3. The van der Waals surface area contributed by atoms with Gasteiger partial charge >= 0.3 is 0 Å². The number of furan rings is 1. The summed E-state index contributed by atoms with van der Waals surface area (Å²) in [6, 6.07) is 12.3. The van der Waals surface area contributed by atoms with Gasteiger partial charge in [-0.2, -0.15) is 0 Å². The molecular weight excluding hydrogens is 352 g/mol. The molecule has 4 rings (SSSR count). The highest BCUT2D eigenvalue weighted by atomic mass is 16.5. The average Bonchev–Trinajstić information content (AvgIpc) is 3.26. The molecule has 0 radical (unpaired) electrons. The second-order valence-electron chi connectivity index (χ2n) is 7.82. The molecule has 2 atom stereocenters. The SMILES string of the molecule is C[C@@H]1C[C@H]1c1ccc(/C=C/C(=O)N(C)Cc2ccccc2N2CCOCC2)o1. The summed E-state index contributed by atoms with van der Waals surface area (Å²) >= 11 is 0. The van der Waals surface area contributed by atoms with Crippen molar-refractivity contribution in [3.05, 3.63) is 59.6 Å². The third-order valence-electron chi connectivity index (χ3n) is 5.64. The number of likely N-dealkylation sites (N-methyl/N-ethyl adjacent to an activating group) is 1. The Morgan fingerprint density at radius 3 is 2.71 bits per heavy atom. The molecule has 1 aliphatic carbocycles. The van der Waals surface area contributed by atoms with Crippen molar-refractivity contribution in [2.24, 2.45) is 5.92 Å². The van der Waals surface area contributed by atoms with Gasteiger partial charge in [0.15, 0.2) is 0 Å². The van der Waals surface area contributed by atoms with Gasteiger partial charge < -0.3 is 19.0 Å². The van der Waals surface area contributed by atoms with Crippen molar-refractivity contribution in [2.75, 3.05) is 38.3 Å². The molecule has 5 heteroatoms. The van der Waals surface area contributed by atoms with E-state index in [1.807, 2.05) is 31.3 Å². The van der Waals surface area contributed by atoms with Crippen LogP contribution in [0.4, 0.5) is 5.69 Å². The maximum Gasteiger partial charge on any atom is 0.246 e. The lowest BCUT2D eigenvalue weighted by atomic mass is 10.1. The first-order valence-electron chi connectivity index (χ1n) is 10.1. The number of amides is 1. The molecule has 148 valence electrons. The van der Waals surface area contributed by atoms with Crippen molar-refractivity contribution in [1.29, 1.82) is 0 Å². The number of ether oxygens (including phenoxy) is 1. The molecule has 1 aliphatic heterocycles. The van der Waals surface area contributed by atoms with E-state index in [4.69, 9.17) is 9.15 Å². The number of carbonyl (C=O) groups excluding carboxylic acids is 1. The number of nitrogens with zero attached hydrogens (tertiary/aromatic N) is 2. The number of rotatable bonds is 6. The van der Waals surface area contributed by atoms with Crippen LogP contribution in [-0.4, -0.2) is 44.2 Å². The number of hydrogen-bond donors (Lipinski definition) is 0. The van der Waals surface area contributed by atoms with Crippen molar-refractivity contribution in [3.63, 3.8) is 0 Å². The number of hydrogen-bond acceptors (Lipinski definition) is 4. The van der Waals surface area contributed by atoms with E-state index in [1.54, 1.807) is 17.1 Å². The van der Waals surface area contributed by atoms with Crippen molar-refractivity contribution >= 4 is 17.7 Å². The monoisotopic (exact) mass is 380 g/mol. The van der Waals surface area contributed by atoms with Gasteiger partial charge in [-0.05, 0) is 42.2 Å². The van der Waals surface area contributed by atoms with Crippen LogP contribution < -0.4 is 4.90 Å². The Bertz CT molecular complexity index is 851. The van der Waals surface area contributed by atoms with E-state index < -0.39 is 0 Å². The zero-order chi connectivity index (χ0) is 19.5. The summed E-state index contributed by atoms with van der Waals surface area (Å²) in [5.74, 6) is 3.01. The summed E-state index contributed by atoms with van der Waals surface area (Å²) in [4.78, 5) is 16.6. The Morgan fingerprint density at radius 2 is 1.96 bits per heavy atom. The van der Waals surface area contributed by atoms with E-state index in [1.165, 1.54) is 12.1 Å². The fraction of sp³-hybridized carbons (Fsp3) is 0.435. The zero-order valence-corrected chi connectivity index (χ0v) is 16.6. The normalized spacial score (nSPS) is 21.9. The highest BCUT2D eigenvalue weighted by Gasteiger charge is 2.36. The van der Waals surface area contributed by atoms with Crippen LogP contribution in [0, 0.1) is 5.92 Å². The minimum absolute atomic E-state index is 0.0329. The van der Waals surface area contributed by atoms with Crippen molar-refractivity contribution in [2.45, 2.75) is 25.8 Å². The minimum atomic E-state index is -0.0329. The molecule has 1 aromatic heterocycles. The molecule has 0 bridgehead atoms. The van der Waals surface area contributed by atoms with Crippen LogP contribution in [-0.2, 0) is 16.1 Å². The topological polar surface area (TPSA) is 45.9 Å². The minimum Gasteiger partial charge on any atom is -0.461 e. The number of carbonyl (C=O) groups is 1. The third-order valence-corrected chi connectivity index (χ3v) is 5.64. The van der Waals surface area contributed by atoms with Crippen LogP contribution in [0.15, 0.2) is 46.9 Å². The quantitative estimate of drug-likeness (QED) is 0.713. The Balaban J connectivity index is 1.38. The summed E-state index contributed by atoms with van der Waals surface area (Å²) in [5, 5.41) is 0. The van der Waals surface area contributed by atoms with E-state index in [-0.39, 0.29) is 5.91 Å². The second-order valence-corrected chi connectivity index (χ2v) is 7.82. The maximum absolute atomic E-state index is 12.6. The molecule has 1 saturated carbocycles. The number of anilines is 1. The van der Waals surface area contributed by atoms with Crippen molar-refractivity contribution < 1.29 is 13.9 Å². The molecule has 0 spiro atoms. The molecule has 28 heavy (non-hydrogen) atoms. The van der Waals surface area contributed by atoms with Crippen molar-refractivity contribution in [3.8, 4) is 0 Å². The molecule has 1 amide bonds. The van der Waals surface area contributed by atoms with Crippen molar-refractivity contribution in [1.82, 2.24) is 4.90 Å². The second kappa shape index (κ2) is 8.23. The first kappa shape index (κ1) is 18.8. The first-order valence-corrected chi connectivity index (χ1v) is 10.1. The lowest BCUT2D eigenvalue weighted by Gasteiger charge is -2.31. The summed E-state index contributed by atoms with van der Waals surface area (Å²) in [5.41, 5.74) is 2.33. The van der Waals surface area contributed by atoms with E-state index in [0.29, 0.717) is 18.4 Å². The van der Waals surface area contributed by atoms with Crippen LogP contribution in [0.2, 0.25) is 0 Å². The summed E-state index contributed by atoms with van der Waals surface area (Å²) in [7, 11) is 1.84. The first-order chi connectivity index (χ1) is 13.6. The standard InChI is InChI=1S/C23H28N2O3/c1-17-15-20(17)22-9-7-19(28-22)8-10-23(26)24(2)16-18-5-3-4-6-21(18)25-11-13-27-14-12-25/h3-10,17,20H,11-16H2,1-2H3/b10-8+/t17-,20-/m1/s1. The van der Waals surface area contributed by atoms with Gasteiger partial charge in [-0.15, -0.1) is 0 Å². The number of morpholine rings is 1. The van der Waals surface area contributed by atoms with Gasteiger partial charge in [0.2, 0.25) is 5.91 Å². The van der Waals surface area contributed by atoms with Gasteiger partial charge in [0.05, 0.1) is 13.2 Å². The molecule has 5 nitrogen and oxygen atoms in total. The van der Waals surface area contributed by atoms with E-state index in [2.05, 4.69) is 24.0 Å². The highest BCUT2D eigenvalue weighted by molar-refractivity contribution is 5.91. The Kier molecular flexibility index (Phi) is 5.53. The van der Waals surface area contributed by atoms with Gasteiger partial charge in [0.25, 0.3) is 0 Å². The highest BCUT2D eigenvalue weighted by Crippen LogP contribution is 2.47. The molecule has 2 fully saturated rings.